The molecule has 2 saturated heterocycles. The second kappa shape index (κ2) is 6.04. The van der Waals surface area contributed by atoms with Gasteiger partial charge in [-0.15, -0.1) is 0 Å². The maximum absolute atomic E-state index is 3.48. The van der Waals surface area contributed by atoms with E-state index in [1.165, 1.54) is 50.3 Å². The van der Waals surface area contributed by atoms with E-state index in [1.54, 1.807) is 0 Å². The maximum atomic E-state index is 3.48. The lowest BCUT2D eigenvalue weighted by Crippen LogP contribution is -2.59. The fourth-order valence-electron chi connectivity index (χ4n) is 3.16. The number of likely N-dealkylation sites (tertiary alicyclic amines) is 1. The lowest BCUT2D eigenvalue weighted by Gasteiger charge is -2.45. The van der Waals surface area contributed by atoms with Crippen LogP contribution < -0.4 is 5.32 Å². The molecule has 3 rings (SSSR count). The summed E-state index contributed by atoms with van der Waals surface area (Å²) < 4.78 is 0. The first kappa shape index (κ1) is 13.1. The molecule has 3 nitrogen and oxygen atoms in total. The van der Waals surface area contributed by atoms with Gasteiger partial charge in [0.05, 0.1) is 0 Å². The van der Waals surface area contributed by atoms with Crippen molar-refractivity contribution < 1.29 is 0 Å². The van der Waals surface area contributed by atoms with E-state index in [4.69, 9.17) is 0 Å². The van der Waals surface area contributed by atoms with Crippen molar-refractivity contribution in [2.24, 2.45) is 0 Å². The Morgan fingerprint density at radius 1 is 1.16 bits per heavy atom. The average molecular weight is 259 g/mol. The average Bonchev–Trinajstić information content (AvgIpc) is 2.64. The minimum atomic E-state index is 0.795. The monoisotopic (exact) mass is 259 g/mol. The summed E-state index contributed by atoms with van der Waals surface area (Å²) in [5, 5.41) is 3.48. The predicted octanol–water partition coefficient (Wildman–Crippen LogP) is 1.47. The molecule has 0 unspecified atom stereocenters. The van der Waals surface area contributed by atoms with Gasteiger partial charge in [0.1, 0.15) is 0 Å². The number of rotatable bonds is 3. The third-order valence-electron chi connectivity index (χ3n) is 4.48. The molecule has 0 spiro atoms. The molecule has 2 aliphatic rings. The van der Waals surface area contributed by atoms with E-state index in [0.29, 0.717) is 0 Å². The molecular formula is C16H25N3. The zero-order chi connectivity index (χ0) is 13.1. The quantitative estimate of drug-likeness (QED) is 0.887. The van der Waals surface area contributed by atoms with Crippen molar-refractivity contribution in [2.45, 2.75) is 25.9 Å². The topological polar surface area (TPSA) is 18.5 Å². The van der Waals surface area contributed by atoms with E-state index >= 15 is 0 Å². The second-order valence-corrected chi connectivity index (χ2v) is 5.91. The van der Waals surface area contributed by atoms with E-state index in [1.807, 2.05) is 0 Å². The van der Waals surface area contributed by atoms with Gasteiger partial charge in [-0.25, -0.2) is 0 Å². The molecule has 1 N–H and O–H groups in total. The summed E-state index contributed by atoms with van der Waals surface area (Å²) in [5.41, 5.74) is 2.91. The zero-order valence-electron chi connectivity index (χ0n) is 11.9. The summed E-state index contributed by atoms with van der Waals surface area (Å²) in [7, 11) is 0. The molecule has 2 aliphatic heterocycles. The maximum Gasteiger partial charge on any atom is 0.0351 e. The summed E-state index contributed by atoms with van der Waals surface area (Å²) in [6, 6.07) is 9.55. The lowest BCUT2D eigenvalue weighted by atomic mass is 10.0. The highest BCUT2D eigenvalue weighted by Gasteiger charge is 2.31. The third-order valence-corrected chi connectivity index (χ3v) is 4.48. The first-order valence-electron chi connectivity index (χ1n) is 7.54. The Labute approximate surface area is 116 Å². The molecule has 0 saturated carbocycles. The van der Waals surface area contributed by atoms with Crippen LogP contribution in [0.4, 0.5) is 0 Å². The van der Waals surface area contributed by atoms with E-state index in [0.717, 1.165) is 19.1 Å². The molecule has 19 heavy (non-hydrogen) atoms. The van der Waals surface area contributed by atoms with Crippen molar-refractivity contribution in [3.63, 3.8) is 0 Å². The molecule has 104 valence electrons. The number of nitrogens with one attached hydrogen (secondary N) is 1. The fraction of sp³-hybridized carbons (Fsp3) is 0.625. The highest BCUT2D eigenvalue weighted by Crippen LogP contribution is 2.20. The van der Waals surface area contributed by atoms with Crippen molar-refractivity contribution in [3.05, 3.63) is 35.4 Å². The smallest absolute Gasteiger partial charge is 0.0351 e. The van der Waals surface area contributed by atoms with Crippen LogP contribution >= 0.6 is 0 Å². The molecule has 1 aromatic carbocycles. The zero-order valence-corrected chi connectivity index (χ0v) is 11.9. The Morgan fingerprint density at radius 2 is 2.00 bits per heavy atom. The molecule has 0 bridgehead atoms. The Balaban J connectivity index is 1.48. The number of aryl methyl sites for hydroxylation is 1. The molecule has 0 aliphatic carbocycles. The van der Waals surface area contributed by atoms with Gasteiger partial charge in [0, 0.05) is 38.8 Å². The van der Waals surface area contributed by atoms with Crippen LogP contribution in [0, 0.1) is 6.92 Å². The predicted molar refractivity (Wildman–Crippen MR) is 79.3 cm³/mol. The first-order chi connectivity index (χ1) is 9.33. The minimum absolute atomic E-state index is 0.795. The molecule has 0 atom stereocenters. The van der Waals surface area contributed by atoms with Crippen LogP contribution in [0.3, 0.4) is 0 Å². The number of benzene rings is 1. The summed E-state index contributed by atoms with van der Waals surface area (Å²) in [6.07, 6.45) is 1.30. The number of nitrogens with zero attached hydrogens (tertiary/aromatic N) is 2. The fourth-order valence-corrected chi connectivity index (χ4v) is 3.16. The first-order valence-corrected chi connectivity index (χ1v) is 7.54. The van der Waals surface area contributed by atoms with Gasteiger partial charge >= 0.3 is 0 Å². The van der Waals surface area contributed by atoms with Gasteiger partial charge < -0.3 is 5.32 Å². The Hall–Kier alpha value is -0.900. The van der Waals surface area contributed by atoms with E-state index < -0.39 is 0 Å². The minimum Gasteiger partial charge on any atom is -0.315 e. The van der Waals surface area contributed by atoms with Gasteiger partial charge in [0.25, 0.3) is 0 Å². The standard InChI is InChI=1S/C16H25N3/c1-14-5-2-3-6-15(14)11-18-12-16(13-18)19-9-4-7-17-8-10-19/h2-3,5-6,16-17H,4,7-13H2,1H3. The Bertz CT molecular complexity index is 404. The number of hydrogen-bond donors (Lipinski definition) is 1. The Morgan fingerprint density at radius 3 is 2.84 bits per heavy atom. The SMILES string of the molecule is Cc1ccccc1CN1CC(N2CCCNCC2)C1. The molecule has 2 heterocycles. The van der Waals surface area contributed by atoms with Crippen LogP contribution in [0.25, 0.3) is 0 Å². The van der Waals surface area contributed by atoms with E-state index in [9.17, 15) is 0 Å². The van der Waals surface area contributed by atoms with Crippen LogP contribution in [-0.4, -0.2) is 55.1 Å². The van der Waals surface area contributed by atoms with Gasteiger partial charge in [-0.05, 0) is 37.6 Å². The van der Waals surface area contributed by atoms with Crippen LogP contribution in [0.1, 0.15) is 17.5 Å². The normalized spacial score (nSPS) is 23.0. The van der Waals surface area contributed by atoms with Gasteiger partial charge in [0.15, 0.2) is 0 Å². The van der Waals surface area contributed by atoms with Crippen LogP contribution in [-0.2, 0) is 6.54 Å². The Kier molecular flexibility index (Phi) is 4.16. The van der Waals surface area contributed by atoms with Gasteiger partial charge in [-0.2, -0.15) is 0 Å². The molecule has 0 aromatic heterocycles. The van der Waals surface area contributed by atoms with Gasteiger partial charge in [-0.3, -0.25) is 9.80 Å². The molecule has 2 fully saturated rings. The summed E-state index contributed by atoms with van der Waals surface area (Å²) in [4.78, 5) is 5.25. The van der Waals surface area contributed by atoms with Crippen molar-refractivity contribution in [1.29, 1.82) is 0 Å². The number of hydrogen-bond acceptors (Lipinski definition) is 3. The molecule has 3 heteroatoms. The van der Waals surface area contributed by atoms with Gasteiger partial charge in [-0.1, -0.05) is 24.3 Å². The third kappa shape index (κ3) is 3.16. The molecular weight excluding hydrogens is 234 g/mol. The lowest BCUT2D eigenvalue weighted by molar-refractivity contribution is 0.0321. The van der Waals surface area contributed by atoms with E-state index in [-0.39, 0.29) is 0 Å². The summed E-state index contributed by atoms with van der Waals surface area (Å²) in [6.45, 7) is 10.7. The van der Waals surface area contributed by atoms with Crippen molar-refractivity contribution in [1.82, 2.24) is 15.1 Å². The van der Waals surface area contributed by atoms with Crippen molar-refractivity contribution in [3.8, 4) is 0 Å². The van der Waals surface area contributed by atoms with Crippen LogP contribution in [0.2, 0.25) is 0 Å². The second-order valence-electron chi connectivity index (χ2n) is 5.91. The molecule has 0 amide bonds. The van der Waals surface area contributed by atoms with Crippen LogP contribution in [0.5, 0.6) is 0 Å². The largest absolute Gasteiger partial charge is 0.315 e. The van der Waals surface area contributed by atoms with E-state index in [2.05, 4.69) is 46.3 Å². The molecule has 1 aromatic rings. The van der Waals surface area contributed by atoms with Crippen molar-refractivity contribution >= 4 is 0 Å². The summed E-state index contributed by atoms with van der Waals surface area (Å²) in [5.74, 6) is 0. The molecule has 0 radical (unpaired) electrons. The van der Waals surface area contributed by atoms with Gasteiger partial charge in [0.2, 0.25) is 0 Å². The highest BCUT2D eigenvalue weighted by atomic mass is 15.3. The highest BCUT2D eigenvalue weighted by molar-refractivity contribution is 5.25. The summed E-state index contributed by atoms with van der Waals surface area (Å²) >= 11 is 0. The van der Waals surface area contributed by atoms with Crippen molar-refractivity contribution in [2.75, 3.05) is 39.3 Å². The van der Waals surface area contributed by atoms with Crippen LogP contribution in [0.15, 0.2) is 24.3 Å².